The van der Waals surface area contributed by atoms with E-state index >= 15 is 0 Å². The van der Waals surface area contributed by atoms with Crippen molar-refractivity contribution < 1.29 is 19.4 Å². The summed E-state index contributed by atoms with van der Waals surface area (Å²) in [5.41, 5.74) is 0.603. The Balaban J connectivity index is 2.18. The molecule has 0 spiro atoms. The molecule has 5 nitrogen and oxygen atoms in total. The molecular weight excluding hydrogens is 270 g/mol. The topological polar surface area (TPSA) is 67.8 Å². The second-order valence-electron chi connectivity index (χ2n) is 4.40. The molecule has 1 unspecified atom stereocenters. The number of carboxylic acid groups (broad SMARTS) is 1. The standard InChI is InChI=1S/C16H17NO4/c1-20-11-14(16(18)19)17-13-9-5-6-10-15(13)21-12-7-3-2-4-8-12/h2-10,14,17H,11H2,1H3,(H,18,19). The van der Waals surface area contributed by atoms with Crippen LogP contribution in [0.2, 0.25) is 0 Å². The highest BCUT2D eigenvalue weighted by molar-refractivity contribution is 5.78. The molecule has 0 bridgehead atoms. The van der Waals surface area contributed by atoms with Crippen LogP contribution in [0.5, 0.6) is 11.5 Å². The van der Waals surface area contributed by atoms with Crippen LogP contribution in [0.3, 0.4) is 0 Å². The predicted octanol–water partition coefficient (Wildman–Crippen LogP) is 2.99. The largest absolute Gasteiger partial charge is 0.480 e. The molecule has 2 aromatic rings. The number of hydrogen-bond acceptors (Lipinski definition) is 4. The lowest BCUT2D eigenvalue weighted by Gasteiger charge is -2.17. The van der Waals surface area contributed by atoms with E-state index in [9.17, 15) is 4.79 Å². The number of anilines is 1. The molecule has 2 N–H and O–H groups in total. The van der Waals surface area contributed by atoms with Gasteiger partial charge in [-0.3, -0.25) is 0 Å². The lowest BCUT2D eigenvalue weighted by atomic mass is 10.2. The third kappa shape index (κ3) is 4.22. The molecule has 0 fully saturated rings. The van der Waals surface area contributed by atoms with E-state index in [1.54, 1.807) is 12.1 Å². The predicted molar refractivity (Wildman–Crippen MR) is 79.9 cm³/mol. The first-order chi connectivity index (χ1) is 10.2. The van der Waals surface area contributed by atoms with E-state index in [0.29, 0.717) is 17.2 Å². The zero-order valence-corrected chi connectivity index (χ0v) is 11.7. The molecule has 2 aromatic carbocycles. The minimum atomic E-state index is -0.980. The van der Waals surface area contributed by atoms with E-state index in [1.807, 2.05) is 42.5 Å². The molecule has 1 atom stereocenters. The van der Waals surface area contributed by atoms with E-state index in [0.717, 1.165) is 0 Å². The van der Waals surface area contributed by atoms with Crippen molar-refractivity contribution in [2.75, 3.05) is 19.0 Å². The molecule has 0 aliphatic heterocycles. The van der Waals surface area contributed by atoms with Gasteiger partial charge in [-0.2, -0.15) is 0 Å². The molecule has 0 radical (unpaired) electrons. The van der Waals surface area contributed by atoms with Crippen LogP contribution < -0.4 is 10.1 Å². The molecule has 2 rings (SSSR count). The van der Waals surface area contributed by atoms with Crippen molar-refractivity contribution in [3.05, 3.63) is 54.6 Å². The lowest BCUT2D eigenvalue weighted by molar-refractivity contribution is -0.139. The average Bonchev–Trinajstić information content (AvgIpc) is 2.49. The summed E-state index contributed by atoms with van der Waals surface area (Å²) in [6.45, 7) is 0.0645. The van der Waals surface area contributed by atoms with Crippen molar-refractivity contribution in [1.29, 1.82) is 0 Å². The summed E-state index contributed by atoms with van der Waals surface area (Å²) in [5.74, 6) is 0.266. The molecule has 21 heavy (non-hydrogen) atoms. The van der Waals surface area contributed by atoms with Crippen LogP contribution in [0.25, 0.3) is 0 Å². The molecule has 0 saturated heterocycles. The number of methoxy groups -OCH3 is 1. The highest BCUT2D eigenvalue weighted by Crippen LogP contribution is 2.29. The van der Waals surface area contributed by atoms with Gasteiger partial charge < -0.3 is 19.9 Å². The first-order valence-electron chi connectivity index (χ1n) is 6.51. The summed E-state index contributed by atoms with van der Waals surface area (Å²) in [6, 6.07) is 15.7. The lowest BCUT2D eigenvalue weighted by Crippen LogP contribution is -2.33. The van der Waals surface area contributed by atoms with Crippen molar-refractivity contribution in [1.82, 2.24) is 0 Å². The van der Waals surface area contributed by atoms with Gasteiger partial charge in [0.1, 0.15) is 11.8 Å². The molecular formula is C16H17NO4. The molecule has 110 valence electrons. The molecule has 0 amide bonds. The van der Waals surface area contributed by atoms with E-state index in [-0.39, 0.29) is 6.61 Å². The normalized spacial score (nSPS) is 11.7. The quantitative estimate of drug-likeness (QED) is 0.819. The highest BCUT2D eigenvalue weighted by Gasteiger charge is 2.18. The van der Waals surface area contributed by atoms with Gasteiger partial charge in [0, 0.05) is 7.11 Å². The van der Waals surface area contributed by atoms with Gasteiger partial charge in [-0.1, -0.05) is 30.3 Å². The van der Waals surface area contributed by atoms with Crippen molar-refractivity contribution in [3.8, 4) is 11.5 Å². The zero-order chi connectivity index (χ0) is 15.1. The van der Waals surface area contributed by atoms with Crippen LogP contribution in [0.4, 0.5) is 5.69 Å². The van der Waals surface area contributed by atoms with Gasteiger partial charge in [-0.25, -0.2) is 4.79 Å². The summed E-state index contributed by atoms with van der Waals surface area (Å²) in [6.07, 6.45) is 0. The first-order valence-corrected chi connectivity index (χ1v) is 6.51. The number of ether oxygens (including phenoxy) is 2. The van der Waals surface area contributed by atoms with Crippen molar-refractivity contribution in [2.45, 2.75) is 6.04 Å². The fourth-order valence-electron chi connectivity index (χ4n) is 1.82. The van der Waals surface area contributed by atoms with Gasteiger partial charge in [0.25, 0.3) is 0 Å². The monoisotopic (exact) mass is 287 g/mol. The summed E-state index contributed by atoms with van der Waals surface area (Å²) >= 11 is 0. The number of hydrogen-bond donors (Lipinski definition) is 2. The Morgan fingerprint density at radius 1 is 1.14 bits per heavy atom. The SMILES string of the molecule is COCC(Nc1ccccc1Oc1ccccc1)C(=O)O. The molecule has 0 heterocycles. The summed E-state index contributed by atoms with van der Waals surface area (Å²) in [7, 11) is 1.46. The smallest absolute Gasteiger partial charge is 0.328 e. The van der Waals surface area contributed by atoms with Gasteiger partial charge in [0.2, 0.25) is 0 Å². The summed E-state index contributed by atoms with van der Waals surface area (Å²) < 4.78 is 10.7. The van der Waals surface area contributed by atoms with Gasteiger partial charge in [-0.05, 0) is 24.3 Å². The second-order valence-corrected chi connectivity index (χ2v) is 4.40. The summed E-state index contributed by atoms with van der Waals surface area (Å²) in [5, 5.41) is 12.1. The van der Waals surface area contributed by atoms with Crippen LogP contribution in [0.15, 0.2) is 54.6 Å². The van der Waals surface area contributed by atoms with Gasteiger partial charge in [-0.15, -0.1) is 0 Å². The molecule has 0 aromatic heterocycles. The third-order valence-electron chi connectivity index (χ3n) is 2.82. The fourth-order valence-corrected chi connectivity index (χ4v) is 1.82. The van der Waals surface area contributed by atoms with Crippen LogP contribution in [0.1, 0.15) is 0 Å². The number of nitrogens with one attached hydrogen (secondary N) is 1. The van der Waals surface area contributed by atoms with Crippen molar-refractivity contribution in [2.24, 2.45) is 0 Å². The maximum absolute atomic E-state index is 11.2. The second kappa shape index (κ2) is 7.31. The van der Waals surface area contributed by atoms with Gasteiger partial charge in [0.15, 0.2) is 5.75 Å². The van der Waals surface area contributed by atoms with Crippen LogP contribution >= 0.6 is 0 Å². The highest BCUT2D eigenvalue weighted by atomic mass is 16.5. The van der Waals surface area contributed by atoms with E-state index in [4.69, 9.17) is 14.6 Å². The Labute approximate surface area is 123 Å². The maximum Gasteiger partial charge on any atom is 0.328 e. The van der Waals surface area contributed by atoms with Crippen LogP contribution in [-0.4, -0.2) is 30.8 Å². The molecule has 0 aliphatic carbocycles. The number of aliphatic carboxylic acids is 1. The number of benzene rings is 2. The van der Waals surface area contributed by atoms with Crippen molar-refractivity contribution >= 4 is 11.7 Å². The van der Waals surface area contributed by atoms with Gasteiger partial charge >= 0.3 is 5.97 Å². The Morgan fingerprint density at radius 3 is 2.48 bits per heavy atom. The number of carboxylic acids is 1. The van der Waals surface area contributed by atoms with Crippen LogP contribution in [0, 0.1) is 0 Å². The Kier molecular flexibility index (Phi) is 5.17. The number of carbonyl (C=O) groups is 1. The van der Waals surface area contributed by atoms with E-state index in [1.165, 1.54) is 7.11 Å². The minimum absolute atomic E-state index is 0.0645. The summed E-state index contributed by atoms with van der Waals surface area (Å²) in [4.78, 5) is 11.2. The number of para-hydroxylation sites is 3. The first kappa shape index (κ1) is 14.9. The van der Waals surface area contributed by atoms with Gasteiger partial charge in [0.05, 0.1) is 12.3 Å². The van der Waals surface area contributed by atoms with Crippen LogP contribution in [-0.2, 0) is 9.53 Å². The van der Waals surface area contributed by atoms with Crippen molar-refractivity contribution in [3.63, 3.8) is 0 Å². The average molecular weight is 287 g/mol. The minimum Gasteiger partial charge on any atom is -0.480 e. The molecule has 0 aliphatic rings. The fraction of sp³-hybridized carbons (Fsp3) is 0.188. The zero-order valence-electron chi connectivity index (χ0n) is 11.7. The molecule has 0 saturated carbocycles. The van der Waals surface area contributed by atoms with E-state index in [2.05, 4.69) is 5.32 Å². The Morgan fingerprint density at radius 2 is 1.81 bits per heavy atom. The Bertz CT molecular complexity index is 586. The van der Waals surface area contributed by atoms with E-state index < -0.39 is 12.0 Å². The number of rotatable bonds is 7. The Hall–Kier alpha value is -2.53. The maximum atomic E-state index is 11.2. The molecule has 5 heteroatoms. The third-order valence-corrected chi connectivity index (χ3v) is 2.82.